The van der Waals surface area contributed by atoms with Crippen LogP contribution >= 0.6 is 15.9 Å². The second-order valence-electron chi connectivity index (χ2n) is 6.65. The van der Waals surface area contributed by atoms with Crippen LogP contribution in [-0.4, -0.2) is 30.5 Å². The van der Waals surface area contributed by atoms with Crippen molar-refractivity contribution >= 4 is 21.8 Å². The number of likely N-dealkylation sites (tertiary alicyclic amines) is 1. The number of amides is 1. The molecule has 1 fully saturated rings. The molecule has 22 heavy (non-hydrogen) atoms. The summed E-state index contributed by atoms with van der Waals surface area (Å²) < 4.78 is 6.62. The van der Waals surface area contributed by atoms with Gasteiger partial charge in [0.25, 0.3) is 5.91 Å². The zero-order chi connectivity index (χ0) is 16.1. The van der Waals surface area contributed by atoms with Gasteiger partial charge in [0.1, 0.15) is 5.75 Å². The predicted octanol–water partition coefficient (Wildman–Crippen LogP) is 4.75. The van der Waals surface area contributed by atoms with Crippen LogP contribution in [0.3, 0.4) is 0 Å². The molecular weight excluding hydrogens is 342 g/mol. The van der Waals surface area contributed by atoms with Gasteiger partial charge in [-0.1, -0.05) is 20.8 Å². The monoisotopic (exact) mass is 367 g/mol. The highest BCUT2D eigenvalue weighted by Crippen LogP contribution is 2.27. The molecular formula is C18H26BrNO2. The van der Waals surface area contributed by atoms with Gasteiger partial charge in [-0.3, -0.25) is 4.79 Å². The van der Waals surface area contributed by atoms with Crippen molar-refractivity contribution in [3.63, 3.8) is 0 Å². The largest absolute Gasteiger partial charge is 0.492 e. The summed E-state index contributed by atoms with van der Waals surface area (Å²) in [5, 5.41) is 0. The molecule has 1 aliphatic rings. The molecule has 1 heterocycles. The summed E-state index contributed by atoms with van der Waals surface area (Å²) in [4.78, 5) is 14.5. The predicted molar refractivity (Wildman–Crippen MR) is 93.4 cm³/mol. The van der Waals surface area contributed by atoms with Gasteiger partial charge < -0.3 is 9.64 Å². The Kier molecular flexibility index (Phi) is 6.30. The Hall–Kier alpha value is -1.03. The molecule has 1 aromatic rings. The van der Waals surface area contributed by atoms with Crippen LogP contribution in [0.25, 0.3) is 0 Å². The van der Waals surface area contributed by atoms with E-state index >= 15 is 0 Å². The smallest absolute Gasteiger partial charge is 0.253 e. The highest BCUT2D eigenvalue weighted by molar-refractivity contribution is 9.10. The van der Waals surface area contributed by atoms with Gasteiger partial charge in [0, 0.05) is 18.7 Å². The van der Waals surface area contributed by atoms with E-state index in [1.165, 1.54) is 0 Å². The molecule has 0 unspecified atom stereocenters. The highest BCUT2D eigenvalue weighted by atomic mass is 79.9. The Bertz CT molecular complexity index is 508. The average Bonchev–Trinajstić information content (AvgIpc) is 2.48. The lowest BCUT2D eigenvalue weighted by Crippen LogP contribution is -2.37. The average molecular weight is 368 g/mol. The number of halogens is 1. The van der Waals surface area contributed by atoms with Crippen molar-refractivity contribution < 1.29 is 9.53 Å². The normalized spacial score (nSPS) is 16.1. The van der Waals surface area contributed by atoms with E-state index in [0.29, 0.717) is 12.5 Å². The lowest BCUT2D eigenvalue weighted by atomic mass is 9.98. The lowest BCUT2D eigenvalue weighted by Gasteiger charge is -2.30. The van der Waals surface area contributed by atoms with E-state index in [1.54, 1.807) is 0 Å². The van der Waals surface area contributed by atoms with Gasteiger partial charge in [-0.2, -0.15) is 0 Å². The molecule has 1 aliphatic heterocycles. The molecule has 0 saturated carbocycles. The zero-order valence-electron chi connectivity index (χ0n) is 13.8. The van der Waals surface area contributed by atoms with Crippen molar-refractivity contribution in [2.45, 2.75) is 40.0 Å². The Morgan fingerprint density at radius 1 is 1.36 bits per heavy atom. The summed E-state index contributed by atoms with van der Waals surface area (Å²) in [5.41, 5.74) is 0.734. The molecule has 0 aromatic heterocycles. The van der Waals surface area contributed by atoms with Crippen LogP contribution in [0.1, 0.15) is 50.4 Å². The van der Waals surface area contributed by atoms with Gasteiger partial charge in [0.15, 0.2) is 0 Å². The van der Waals surface area contributed by atoms with Crippen LogP contribution in [0.5, 0.6) is 5.75 Å². The van der Waals surface area contributed by atoms with Gasteiger partial charge in [-0.25, -0.2) is 0 Å². The number of carbonyl (C=O) groups is 1. The first kappa shape index (κ1) is 17.3. The standard InChI is InChI=1S/C18H26BrNO2/c1-13(2)8-11-22-17-5-4-15(12-16(17)19)18(21)20-9-6-14(3)7-10-20/h4-5,12-14H,6-11H2,1-3H3. The maximum absolute atomic E-state index is 12.5. The van der Waals surface area contributed by atoms with E-state index in [9.17, 15) is 4.79 Å². The number of carbonyl (C=O) groups excluding carboxylic acids is 1. The SMILES string of the molecule is CC(C)CCOc1ccc(C(=O)N2CCC(C)CC2)cc1Br. The fourth-order valence-corrected chi connectivity index (χ4v) is 3.04. The zero-order valence-corrected chi connectivity index (χ0v) is 15.4. The van der Waals surface area contributed by atoms with Crippen molar-refractivity contribution in [1.82, 2.24) is 4.90 Å². The molecule has 0 atom stereocenters. The molecule has 1 amide bonds. The summed E-state index contributed by atoms with van der Waals surface area (Å²) in [6.45, 7) is 9.04. The molecule has 0 aliphatic carbocycles. The maximum Gasteiger partial charge on any atom is 0.253 e. The number of piperidine rings is 1. The summed E-state index contributed by atoms with van der Waals surface area (Å²) in [7, 11) is 0. The maximum atomic E-state index is 12.5. The third kappa shape index (κ3) is 4.73. The minimum Gasteiger partial charge on any atom is -0.492 e. The fourth-order valence-electron chi connectivity index (χ4n) is 2.55. The van der Waals surface area contributed by atoms with Crippen LogP contribution in [0.4, 0.5) is 0 Å². The Morgan fingerprint density at radius 3 is 2.64 bits per heavy atom. The number of ether oxygens (including phenoxy) is 1. The molecule has 122 valence electrons. The number of hydrogen-bond acceptors (Lipinski definition) is 2. The number of nitrogens with zero attached hydrogens (tertiary/aromatic N) is 1. The first-order valence-corrected chi connectivity index (χ1v) is 8.98. The van der Waals surface area contributed by atoms with Crippen molar-refractivity contribution in [2.24, 2.45) is 11.8 Å². The second-order valence-corrected chi connectivity index (χ2v) is 7.51. The summed E-state index contributed by atoms with van der Waals surface area (Å²) >= 11 is 3.52. The van der Waals surface area contributed by atoms with E-state index in [2.05, 4.69) is 36.7 Å². The van der Waals surface area contributed by atoms with E-state index in [0.717, 1.165) is 54.1 Å². The van der Waals surface area contributed by atoms with E-state index < -0.39 is 0 Å². The fraction of sp³-hybridized carbons (Fsp3) is 0.611. The van der Waals surface area contributed by atoms with Crippen LogP contribution < -0.4 is 4.74 Å². The topological polar surface area (TPSA) is 29.5 Å². The van der Waals surface area contributed by atoms with Gasteiger partial charge in [-0.05, 0) is 65.2 Å². The molecule has 0 spiro atoms. The molecule has 3 nitrogen and oxygen atoms in total. The third-order valence-corrected chi connectivity index (χ3v) is 4.82. The highest BCUT2D eigenvalue weighted by Gasteiger charge is 2.21. The molecule has 2 rings (SSSR count). The van der Waals surface area contributed by atoms with Crippen molar-refractivity contribution in [3.05, 3.63) is 28.2 Å². The van der Waals surface area contributed by atoms with E-state index in [1.807, 2.05) is 23.1 Å². The first-order valence-electron chi connectivity index (χ1n) is 8.19. The van der Waals surface area contributed by atoms with Crippen LogP contribution in [-0.2, 0) is 0 Å². The molecule has 1 aromatic carbocycles. The van der Waals surface area contributed by atoms with Crippen LogP contribution in [0, 0.1) is 11.8 Å². The van der Waals surface area contributed by atoms with Crippen LogP contribution in [0.15, 0.2) is 22.7 Å². The summed E-state index contributed by atoms with van der Waals surface area (Å²) in [6, 6.07) is 5.64. The number of rotatable bonds is 5. The molecule has 0 N–H and O–H groups in total. The Morgan fingerprint density at radius 2 is 2.05 bits per heavy atom. The number of hydrogen-bond donors (Lipinski definition) is 0. The summed E-state index contributed by atoms with van der Waals surface area (Å²) in [5.74, 6) is 2.29. The van der Waals surface area contributed by atoms with Gasteiger partial charge in [0.05, 0.1) is 11.1 Å². The van der Waals surface area contributed by atoms with Crippen molar-refractivity contribution in [3.8, 4) is 5.75 Å². The lowest BCUT2D eigenvalue weighted by molar-refractivity contribution is 0.0697. The quantitative estimate of drug-likeness (QED) is 0.751. The van der Waals surface area contributed by atoms with Crippen molar-refractivity contribution in [2.75, 3.05) is 19.7 Å². The number of benzene rings is 1. The van der Waals surface area contributed by atoms with Gasteiger partial charge in [0.2, 0.25) is 0 Å². The Labute approximate surface area is 142 Å². The minimum atomic E-state index is 0.126. The van der Waals surface area contributed by atoms with E-state index in [-0.39, 0.29) is 5.91 Å². The second kappa shape index (κ2) is 8.00. The molecule has 4 heteroatoms. The molecule has 1 saturated heterocycles. The minimum absolute atomic E-state index is 0.126. The Balaban J connectivity index is 1.97. The van der Waals surface area contributed by atoms with Gasteiger partial charge >= 0.3 is 0 Å². The molecule has 0 radical (unpaired) electrons. The van der Waals surface area contributed by atoms with E-state index in [4.69, 9.17) is 4.74 Å². The summed E-state index contributed by atoms with van der Waals surface area (Å²) in [6.07, 6.45) is 3.23. The first-order chi connectivity index (χ1) is 10.5. The molecule has 0 bridgehead atoms. The van der Waals surface area contributed by atoms with Crippen molar-refractivity contribution in [1.29, 1.82) is 0 Å². The third-order valence-electron chi connectivity index (χ3n) is 4.20. The van der Waals surface area contributed by atoms with Crippen LogP contribution in [0.2, 0.25) is 0 Å². The van der Waals surface area contributed by atoms with Gasteiger partial charge in [-0.15, -0.1) is 0 Å².